The van der Waals surface area contributed by atoms with Gasteiger partial charge in [0.15, 0.2) is 6.17 Å². The largest absolute Gasteiger partial charge is 0.314 e. The van der Waals surface area contributed by atoms with E-state index < -0.39 is 41.5 Å². The topological polar surface area (TPSA) is 17.1 Å². The Bertz CT molecular complexity index is 491. The predicted molar refractivity (Wildman–Crippen MR) is 73.2 cm³/mol. The SMILES string of the molecule is CC(F)C(F)(F)C(F)C(F)(F)CCSC(=O)c1ccccc1. The molecule has 0 heterocycles. The minimum atomic E-state index is -4.78. The quantitative estimate of drug-likeness (QED) is 0.653. The molecule has 1 aromatic carbocycles. The number of hydrogen-bond donors (Lipinski definition) is 0. The molecular formula is C14H14F6OS. The maximum Gasteiger partial charge on any atom is 0.314 e. The van der Waals surface area contributed by atoms with Crippen molar-refractivity contribution in [1.82, 2.24) is 0 Å². The molecule has 2 unspecified atom stereocenters. The van der Waals surface area contributed by atoms with Gasteiger partial charge in [-0.1, -0.05) is 42.1 Å². The summed E-state index contributed by atoms with van der Waals surface area (Å²) in [5.74, 6) is -9.76. The van der Waals surface area contributed by atoms with Crippen molar-refractivity contribution in [2.45, 2.75) is 37.5 Å². The summed E-state index contributed by atoms with van der Waals surface area (Å²) in [7, 11) is 0. The summed E-state index contributed by atoms with van der Waals surface area (Å²) in [6, 6.07) is 7.73. The molecule has 0 aliphatic carbocycles. The van der Waals surface area contributed by atoms with E-state index in [-0.39, 0.29) is 5.56 Å². The van der Waals surface area contributed by atoms with E-state index in [0.29, 0.717) is 18.7 Å². The highest BCUT2D eigenvalue weighted by Gasteiger charge is 2.58. The molecule has 0 bridgehead atoms. The highest BCUT2D eigenvalue weighted by molar-refractivity contribution is 8.14. The van der Waals surface area contributed by atoms with E-state index in [0.717, 1.165) is 0 Å². The average molecular weight is 344 g/mol. The smallest absolute Gasteiger partial charge is 0.282 e. The normalized spacial score (nSPS) is 15.4. The van der Waals surface area contributed by atoms with Crippen molar-refractivity contribution in [3.8, 4) is 0 Å². The molecule has 0 saturated carbocycles. The Kier molecular flexibility index (Phi) is 6.34. The Morgan fingerprint density at radius 2 is 1.68 bits per heavy atom. The van der Waals surface area contributed by atoms with Gasteiger partial charge >= 0.3 is 5.92 Å². The molecule has 2 atom stereocenters. The number of hydrogen-bond acceptors (Lipinski definition) is 2. The van der Waals surface area contributed by atoms with E-state index in [2.05, 4.69) is 0 Å². The van der Waals surface area contributed by atoms with E-state index in [1.165, 1.54) is 12.1 Å². The van der Waals surface area contributed by atoms with Gasteiger partial charge in [-0.15, -0.1) is 0 Å². The summed E-state index contributed by atoms with van der Waals surface area (Å²) in [5, 5.41) is -0.530. The third kappa shape index (κ3) is 4.66. The molecule has 0 saturated heterocycles. The Balaban J connectivity index is 2.57. The fraction of sp³-hybridized carbons (Fsp3) is 0.500. The second kappa shape index (κ2) is 7.39. The zero-order valence-electron chi connectivity index (χ0n) is 11.5. The number of halogens is 6. The summed E-state index contributed by atoms with van der Waals surface area (Å²) in [6.45, 7) is 0.316. The minimum absolute atomic E-state index is 0.260. The lowest BCUT2D eigenvalue weighted by molar-refractivity contribution is -0.204. The number of carbonyl (C=O) groups excluding carboxylic acids is 1. The van der Waals surface area contributed by atoms with E-state index in [9.17, 15) is 31.1 Å². The van der Waals surface area contributed by atoms with Gasteiger partial charge in [-0.2, -0.15) is 8.78 Å². The molecule has 1 nitrogen and oxygen atoms in total. The van der Waals surface area contributed by atoms with Crippen LogP contribution in [0.25, 0.3) is 0 Å². The van der Waals surface area contributed by atoms with Crippen molar-refractivity contribution in [3.63, 3.8) is 0 Å². The molecule has 0 amide bonds. The van der Waals surface area contributed by atoms with Gasteiger partial charge in [0.2, 0.25) is 11.3 Å². The molecule has 1 aromatic rings. The van der Waals surface area contributed by atoms with Gasteiger partial charge in [-0.3, -0.25) is 4.79 Å². The Hall–Kier alpha value is -1.18. The number of alkyl halides is 6. The van der Waals surface area contributed by atoms with Crippen molar-refractivity contribution < 1.29 is 31.1 Å². The lowest BCUT2D eigenvalue weighted by atomic mass is 10.0. The van der Waals surface area contributed by atoms with Crippen molar-refractivity contribution in [3.05, 3.63) is 35.9 Å². The highest BCUT2D eigenvalue weighted by atomic mass is 32.2. The van der Waals surface area contributed by atoms with Crippen LogP contribution in [0.1, 0.15) is 23.7 Å². The van der Waals surface area contributed by atoms with Gasteiger partial charge in [0.05, 0.1) is 0 Å². The molecule has 124 valence electrons. The fourth-order valence-corrected chi connectivity index (χ4v) is 2.41. The van der Waals surface area contributed by atoms with Crippen LogP contribution < -0.4 is 0 Å². The van der Waals surface area contributed by atoms with Crippen LogP contribution in [0.2, 0.25) is 0 Å². The summed E-state index contributed by atoms with van der Waals surface area (Å²) in [4.78, 5) is 11.6. The number of rotatable bonds is 7. The third-order valence-corrected chi connectivity index (χ3v) is 3.82. The minimum Gasteiger partial charge on any atom is -0.282 e. The molecule has 0 N–H and O–H groups in total. The van der Waals surface area contributed by atoms with Crippen molar-refractivity contribution in [2.24, 2.45) is 0 Å². The van der Waals surface area contributed by atoms with E-state index in [1.54, 1.807) is 18.2 Å². The second-order valence-corrected chi connectivity index (χ2v) is 5.73. The molecule has 8 heteroatoms. The van der Waals surface area contributed by atoms with Crippen LogP contribution in [0.4, 0.5) is 26.3 Å². The van der Waals surface area contributed by atoms with Crippen molar-refractivity contribution in [2.75, 3.05) is 5.75 Å². The van der Waals surface area contributed by atoms with E-state index >= 15 is 0 Å². The maximum absolute atomic E-state index is 13.4. The lowest BCUT2D eigenvalue weighted by Crippen LogP contribution is -2.49. The number of carbonyl (C=O) groups is 1. The van der Waals surface area contributed by atoms with E-state index in [4.69, 9.17) is 0 Å². The van der Waals surface area contributed by atoms with Gasteiger partial charge in [0.1, 0.15) is 0 Å². The molecule has 0 fully saturated rings. The van der Waals surface area contributed by atoms with Gasteiger partial charge in [0.25, 0.3) is 5.92 Å². The summed E-state index contributed by atoms with van der Waals surface area (Å²) < 4.78 is 78.5. The van der Waals surface area contributed by atoms with Gasteiger partial charge in [-0.05, 0) is 6.92 Å². The van der Waals surface area contributed by atoms with Crippen LogP contribution in [0, 0.1) is 0 Å². The molecule has 0 aliphatic heterocycles. The summed E-state index contributed by atoms with van der Waals surface area (Å²) in [5.41, 5.74) is 0.260. The van der Waals surface area contributed by atoms with Crippen LogP contribution in [0.5, 0.6) is 0 Å². The fourth-order valence-electron chi connectivity index (χ4n) is 1.55. The molecule has 0 aliphatic rings. The molecule has 0 aromatic heterocycles. The molecule has 0 radical (unpaired) electrons. The number of benzene rings is 1. The highest BCUT2D eigenvalue weighted by Crippen LogP contribution is 2.39. The molecule has 1 rings (SSSR count). The number of thioether (sulfide) groups is 1. The Labute approximate surface area is 128 Å². The van der Waals surface area contributed by atoms with Crippen LogP contribution >= 0.6 is 11.8 Å². The second-order valence-electron chi connectivity index (χ2n) is 4.67. The zero-order valence-corrected chi connectivity index (χ0v) is 12.4. The first kappa shape index (κ1) is 18.9. The first-order valence-electron chi connectivity index (χ1n) is 6.35. The van der Waals surface area contributed by atoms with Crippen LogP contribution in [0.15, 0.2) is 30.3 Å². The third-order valence-electron chi connectivity index (χ3n) is 2.92. The van der Waals surface area contributed by atoms with Crippen molar-refractivity contribution in [1.29, 1.82) is 0 Å². The first-order chi connectivity index (χ1) is 10.1. The average Bonchev–Trinajstić information content (AvgIpc) is 2.46. The zero-order chi connectivity index (χ0) is 17.0. The van der Waals surface area contributed by atoms with Crippen molar-refractivity contribution >= 4 is 16.9 Å². The predicted octanol–water partition coefficient (Wildman–Crippen LogP) is 4.92. The lowest BCUT2D eigenvalue weighted by Gasteiger charge is -2.28. The maximum atomic E-state index is 13.4. The van der Waals surface area contributed by atoms with Gasteiger partial charge < -0.3 is 0 Å². The van der Waals surface area contributed by atoms with Gasteiger partial charge in [0, 0.05) is 17.7 Å². The first-order valence-corrected chi connectivity index (χ1v) is 7.33. The summed E-state index contributed by atoms with van der Waals surface area (Å²) in [6.07, 6.45) is -8.26. The Morgan fingerprint density at radius 3 is 2.18 bits per heavy atom. The molecule has 0 spiro atoms. The summed E-state index contributed by atoms with van der Waals surface area (Å²) >= 11 is 0.469. The molecule has 22 heavy (non-hydrogen) atoms. The van der Waals surface area contributed by atoms with Crippen LogP contribution in [-0.4, -0.2) is 35.1 Å². The molecular weight excluding hydrogens is 330 g/mol. The van der Waals surface area contributed by atoms with Crippen LogP contribution in [0.3, 0.4) is 0 Å². The van der Waals surface area contributed by atoms with Gasteiger partial charge in [-0.25, -0.2) is 17.6 Å². The monoisotopic (exact) mass is 344 g/mol. The standard InChI is InChI=1S/C14H14F6OS/c1-9(15)14(19,20)12(16)13(17,18)7-8-22-11(21)10-5-3-2-4-6-10/h2-6,9,12H,7-8H2,1H3. The van der Waals surface area contributed by atoms with E-state index in [1.807, 2.05) is 0 Å². The Morgan fingerprint density at radius 1 is 1.14 bits per heavy atom. The van der Waals surface area contributed by atoms with Crippen LogP contribution in [-0.2, 0) is 0 Å².